The molecule has 0 aliphatic carbocycles. The zero-order valence-corrected chi connectivity index (χ0v) is 17.5. The number of nitrogens with zero attached hydrogens (tertiary/aromatic N) is 1. The number of ether oxygens (including phenoxy) is 2. The van der Waals surface area contributed by atoms with Crippen molar-refractivity contribution in [3.8, 4) is 0 Å². The van der Waals surface area contributed by atoms with E-state index in [0.29, 0.717) is 19.6 Å². The molecule has 0 bridgehead atoms. The van der Waals surface area contributed by atoms with Gasteiger partial charge in [-0.3, -0.25) is 4.79 Å². The Balaban J connectivity index is 2.35. The Labute approximate surface area is 164 Å². The first kappa shape index (κ1) is 23.0. The molecule has 0 spiro atoms. The van der Waals surface area contributed by atoms with Crippen LogP contribution < -0.4 is 0 Å². The van der Waals surface area contributed by atoms with E-state index in [2.05, 4.69) is 6.92 Å². The van der Waals surface area contributed by atoms with Crippen LogP contribution in [0.4, 0.5) is 4.79 Å². The molecule has 0 saturated heterocycles. The van der Waals surface area contributed by atoms with Gasteiger partial charge < -0.3 is 14.4 Å². The summed E-state index contributed by atoms with van der Waals surface area (Å²) in [4.78, 5) is 25.7. The zero-order valence-electron chi connectivity index (χ0n) is 17.5. The van der Waals surface area contributed by atoms with Crippen molar-refractivity contribution in [2.45, 2.75) is 72.0 Å². The molecule has 0 aliphatic heterocycles. The standard InChI is InChI=1S/C22H35NO4/c1-6-11-18(14-10-15-23(5)21(25)27-22(2,3)4)16-20(24)26-17-19-12-8-7-9-13-19/h7-9,12-13,18H,6,10-11,14-17H2,1-5H3. The second-order valence-corrected chi connectivity index (χ2v) is 8.05. The Bertz CT molecular complexity index is 565. The van der Waals surface area contributed by atoms with Gasteiger partial charge in [-0.25, -0.2) is 4.79 Å². The summed E-state index contributed by atoms with van der Waals surface area (Å²) < 4.78 is 10.8. The third kappa shape index (κ3) is 10.6. The van der Waals surface area contributed by atoms with E-state index in [-0.39, 0.29) is 18.0 Å². The SMILES string of the molecule is CCCC(CCCN(C)C(=O)OC(C)(C)C)CC(=O)OCc1ccccc1. The highest BCUT2D eigenvalue weighted by atomic mass is 16.6. The summed E-state index contributed by atoms with van der Waals surface area (Å²) in [5.74, 6) is 0.128. The summed E-state index contributed by atoms with van der Waals surface area (Å²) in [5, 5.41) is 0. The van der Waals surface area contributed by atoms with Crippen molar-refractivity contribution in [3.63, 3.8) is 0 Å². The first-order valence-electron chi connectivity index (χ1n) is 9.85. The average molecular weight is 378 g/mol. The molecule has 1 atom stereocenters. The first-order valence-corrected chi connectivity index (χ1v) is 9.85. The molecule has 0 radical (unpaired) electrons. The molecule has 27 heavy (non-hydrogen) atoms. The second kappa shape index (κ2) is 11.6. The predicted octanol–water partition coefficient (Wildman–Crippen LogP) is 5.18. The predicted molar refractivity (Wildman–Crippen MR) is 107 cm³/mol. The highest BCUT2D eigenvalue weighted by molar-refractivity contribution is 5.69. The van der Waals surface area contributed by atoms with Gasteiger partial charge in [-0.1, -0.05) is 50.1 Å². The number of esters is 1. The minimum absolute atomic E-state index is 0.155. The lowest BCUT2D eigenvalue weighted by atomic mass is 9.94. The number of carbonyl (C=O) groups excluding carboxylic acids is 2. The third-order valence-corrected chi connectivity index (χ3v) is 4.21. The van der Waals surface area contributed by atoms with Gasteiger partial charge in [-0.15, -0.1) is 0 Å². The minimum atomic E-state index is -0.487. The summed E-state index contributed by atoms with van der Waals surface area (Å²) in [7, 11) is 1.75. The summed E-state index contributed by atoms with van der Waals surface area (Å²) in [6, 6.07) is 9.71. The van der Waals surface area contributed by atoms with E-state index in [0.717, 1.165) is 31.2 Å². The molecule has 1 unspecified atom stereocenters. The summed E-state index contributed by atoms with van der Waals surface area (Å²) in [5.41, 5.74) is 0.510. The maximum absolute atomic E-state index is 12.2. The summed E-state index contributed by atoms with van der Waals surface area (Å²) in [6.07, 6.45) is 3.86. The van der Waals surface area contributed by atoms with Gasteiger partial charge in [0.05, 0.1) is 0 Å². The van der Waals surface area contributed by atoms with Crippen LogP contribution in [0.25, 0.3) is 0 Å². The maximum Gasteiger partial charge on any atom is 0.410 e. The van der Waals surface area contributed by atoms with Crippen LogP contribution >= 0.6 is 0 Å². The van der Waals surface area contributed by atoms with Gasteiger partial charge in [0.2, 0.25) is 0 Å². The van der Waals surface area contributed by atoms with Gasteiger partial charge in [0.15, 0.2) is 0 Å². The van der Waals surface area contributed by atoms with Crippen molar-refractivity contribution < 1.29 is 19.1 Å². The van der Waals surface area contributed by atoms with Crippen molar-refractivity contribution in [2.24, 2.45) is 5.92 Å². The smallest absolute Gasteiger partial charge is 0.410 e. The van der Waals surface area contributed by atoms with Crippen LogP contribution in [0.15, 0.2) is 30.3 Å². The molecule has 5 nitrogen and oxygen atoms in total. The number of hydrogen-bond donors (Lipinski definition) is 0. The van der Waals surface area contributed by atoms with E-state index in [9.17, 15) is 9.59 Å². The molecule has 0 fully saturated rings. The molecule has 5 heteroatoms. The van der Waals surface area contributed by atoms with E-state index in [1.165, 1.54) is 0 Å². The van der Waals surface area contributed by atoms with E-state index in [1.807, 2.05) is 51.1 Å². The molecule has 0 saturated carbocycles. The summed E-state index contributed by atoms with van der Waals surface area (Å²) in [6.45, 7) is 8.63. The number of hydrogen-bond acceptors (Lipinski definition) is 4. The van der Waals surface area contributed by atoms with Crippen LogP contribution in [0.1, 0.15) is 65.4 Å². The van der Waals surface area contributed by atoms with Gasteiger partial charge >= 0.3 is 12.1 Å². The van der Waals surface area contributed by atoms with E-state index >= 15 is 0 Å². The van der Waals surface area contributed by atoms with Gasteiger partial charge in [0.25, 0.3) is 0 Å². The van der Waals surface area contributed by atoms with Gasteiger partial charge in [0.1, 0.15) is 12.2 Å². The summed E-state index contributed by atoms with van der Waals surface area (Å²) >= 11 is 0. The number of rotatable bonds is 10. The van der Waals surface area contributed by atoms with Crippen molar-refractivity contribution in [1.82, 2.24) is 4.90 Å². The van der Waals surface area contributed by atoms with Crippen molar-refractivity contribution in [2.75, 3.05) is 13.6 Å². The highest BCUT2D eigenvalue weighted by Crippen LogP contribution is 2.19. The van der Waals surface area contributed by atoms with Gasteiger partial charge in [0, 0.05) is 20.0 Å². The van der Waals surface area contributed by atoms with Gasteiger partial charge in [-0.2, -0.15) is 0 Å². The van der Waals surface area contributed by atoms with Crippen LogP contribution in [0.5, 0.6) is 0 Å². The van der Waals surface area contributed by atoms with Gasteiger partial charge in [-0.05, 0) is 45.1 Å². The van der Waals surface area contributed by atoms with Crippen molar-refractivity contribution in [1.29, 1.82) is 0 Å². The Morgan fingerprint density at radius 1 is 1.11 bits per heavy atom. The maximum atomic E-state index is 12.2. The lowest BCUT2D eigenvalue weighted by Gasteiger charge is -2.25. The number of carbonyl (C=O) groups is 2. The Morgan fingerprint density at radius 2 is 1.78 bits per heavy atom. The molecule has 0 N–H and O–H groups in total. The monoisotopic (exact) mass is 377 g/mol. The van der Waals surface area contributed by atoms with Crippen LogP contribution in [-0.4, -0.2) is 36.2 Å². The average Bonchev–Trinajstić information content (AvgIpc) is 2.59. The van der Waals surface area contributed by atoms with Crippen LogP contribution in [0, 0.1) is 5.92 Å². The molecular weight excluding hydrogens is 342 g/mol. The third-order valence-electron chi connectivity index (χ3n) is 4.21. The molecule has 1 amide bonds. The number of amides is 1. The second-order valence-electron chi connectivity index (χ2n) is 8.05. The Hall–Kier alpha value is -2.04. The fourth-order valence-corrected chi connectivity index (χ4v) is 2.84. The minimum Gasteiger partial charge on any atom is -0.461 e. The Kier molecular flexibility index (Phi) is 9.90. The fourth-order valence-electron chi connectivity index (χ4n) is 2.84. The fraction of sp³-hybridized carbons (Fsp3) is 0.636. The Morgan fingerprint density at radius 3 is 2.37 bits per heavy atom. The molecule has 1 aromatic carbocycles. The van der Waals surface area contributed by atoms with Crippen LogP contribution in [0.2, 0.25) is 0 Å². The zero-order chi connectivity index (χ0) is 20.3. The lowest BCUT2D eigenvalue weighted by Crippen LogP contribution is -2.34. The molecular formula is C22H35NO4. The quantitative estimate of drug-likeness (QED) is 0.527. The normalized spacial score (nSPS) is 12.3. The molecule has 1 rings (SSSR count). The molecule has 1 aromatic rings. The van der Waals surface area contributed by atoms with Crippen LogP contribution in [0.3, 0.4) is 0 Å². The van der Waals surface area contributed by atoms with E-state index < -0.39 is 5.60 Å². The topological polar surface area (TPSA) is 55.8 Å². The molecule has 0 aliphatic rings. The van der Waals surface area contributed by atoms with E-state index in [1.54, 1.807) is 11.9 Å². The molecule has 0 aromatic heterocycles. The first-order chi connectivity index (χ1) is 12.7. The number of benzene rings is 1. The van der Waals surface area contributed by atoms with Crippen LogP contribution in [-0.2, 0) is 20.9 Å². The highest BCUT2D eigenvalue weighted by Gasteiger charge is 2.20. The lowest BCUT2D eigenvalue weighted by molar-refractivity contribution is -0.146. The van der Waals surface area contributed by atoms with E-state index in [4.69, 9.17) is 9.47 Å². The largest absolute Gasteiger partial charge is 0.461 e. The van der Waals surface area contributed by atoms with Crippen molar-refractivity contribution >= 4 is 12.1 Å². The van der Waals surface area contributed by atoms with Crippen molar-refractivity contribution in [3.05, 3.63) is 35.9 Å². The molecule has 152 valence electrons. The molecule has 0 heterocycles.